The standard InChI is InChI=1S/C20H18ClNO3/c1-4-13-20(19(23)25-3,16-7-11-18(24-2)12-8-16)22-14-15-5-9-17(21)10-6-15/h1,5-12,14H,13H2,2-3H3. The number of carbonyl (C=O) groups excluding carboxylic acids is 1. The lowest BCUT2D eigenvalue weighted by atomic mass is 9.87. The average molecular weight is 356 g/mol. The molecule has 2 aromatic rings. The van der Waals surface area contributed by atoms with Crippen molar-refractivity contribution in [2.24, 2.45) is 4.99 Å². The maximum absolute atomic E-state index is 12.6. The molecule has 2 aromatic carbocycles. The lowest BCUT2D eigenvalue weighted by Gasteiger charge is -2.25. The van der Waals surface area contributed by atoms with Crippen LogP contribution in [0.5, 0.6) is 5.75 Å². The summed E-state index contributed by atoms with van der Waals surface area (Å²) < 4.78 is 10.1. The molecule has 5 heteroatoms. The molecule has 0 aliphatic carbocycles. The highest BCUT2D eigenvalue weighted by Gasteiger charge is 2.40. The largest absolute Gasteiger partial charge is 0.497 e. The smallest absolute Gasteiger partial charge is 0.339 e. The van der Waals surface area contributed by atoms with Crippen LogP contribution in [0.2, 0.25) is 5.02 Å². The number of terminal acetylenes is 1. The minimum absolute atomic E-state index is 0.0656. The lowest BCUT2D eigenvalue weighted by Crippen LogP contribution is -2.35. The van der Waals surface area contributed by atoms with Gasteiger partial charge < -0.3 is 9.47 Å². The number of carbonyl (C=O) groups is 1. The molecule has 0 heterocycles. The lowest BCUT2D eigenvalue weighted by molar-refractivity contribution is -0.147. The first kappa shape index (κ1) is 18.6. The van der Waals surface area contributed by atoms with Gasteiger partial charge in [-0.05, 0) is 35.4 Å². The van der Waals surface area contributed by atoms with Crippen molar-refractivity contribution >= 4 is 23.8 Å². The number of hydrogen-bond donors (Lipinski definition) is 0. The van der Waals surface area contributed by atoms with Gasteiger partial charge in [0, 0.05) is 17.7 Å². The van der Waals surface area contributed by atoms with Gasteiger partial charge in [-0.2, -0.15) is 0 Å². The zero-order valence-corrected chi connectivity index (χ0v) is 14.8. The van der Waals surface area contributed by atoms with E-state index in [1.54, 1.807) is 61.9 Å². The minimum atomic E-state index is -1.32. The van der Waals surface area contributed by atoms with Gasteiger partial charge in [0.25, 0.3) is 0 Å². The van der Waals surface area contributed by atoms with Crippen LogP contribution in [-0.4, -0.2) is 26.4 Å². The van der Waals surface area contributed by atoms with E-state index in [0.717, 1.165) is 5.56 Å². The number of nitrogens with zero attached hydrogens (tertiary/aromatic N) is 1. The predicted octanol–water partition coefficient (Wildman–Crippen LogP) is 3.86. The number of aliphatic imine (C=N–C) groups is 1. The molecule has 0 bridgehead atoms. The van der Waals surface area contributed by atoms with Crippen molar-refractivity contribution in [3.63, 3.8) is 0 Å². The zero-order valence-electron chi connectivity index (χ0n) is 14.0. The Morgan fingerprint density at radius 3 is 2.36 bits per heavy atom. The molecule has 2 rings (SSSR count). The van der Waals surface area contributed by atoms with Crippen molar-refractivity contribution < 1.29 is 14.3 Å². The summed E-state index contributed by atoms with van der Waals surface area (Å²) in [6, 6.07) is 14.1. The van der Waals surface area contributed by atoms with E-state index in [1.807, 2.05) is 0 Å². The molecule has 4 nitrogen and oxygen atoms in total. The van der Waals surface area contributed by atoms with Gasteiger partial charge in [0.15, 0.2) is 5.54 Å². The Kier molecular flexibility index (Phi) is 6.21. The molecule has 0 aliphatic rings. The summed E-state index contributed by atoms with van der Waals surface area (Å²) in [4.78, 5) is 17.1. The molecule has 0 N–H and O–H groups in total. The maximum atomic E-state index is 12.6. The van der Waals surface area contributed by atoms with Crippen LogP contribution in [0.4, 0.5) is 0 Å². The first-order valence-electron chi connectivity index (χ1n) is 7.53. The SMILES string of the molecule is C#CCC(N=Cc1ccc(Cl)cc1)(C(=O)OC)c1ccc(OC)cc1. The normalized spacial score (nSPS) is 13.0. The Labute approximate surface area is 152 Å². The highest BCUT2D eigenvalue weighted by atomic mass is 35.5. The first-order chi connectivity index (χ1) is 12.1. The van der Waals surface area contributed by atoms with Crippen LogP contribution >= 0.6 is 11.6 Å². The number of benzene rings is 2. The maximum Gasteiger partial charge on any atom is 0.339 e. The van der Waals surface area contributed by atoms with E-state index in [-0.39, 0.29) is 6.42 Å². The fourth-order valence-electron chi connectivity index (χ4n) is 2.38. The van der Waals surface area contributed by atoms with E-state index >= 15 is 0 Å². The Morgan fingerprint density at radius 1 is 1.20 bits per heavy atom. The van der Waals surface area contributed by atoms with Crippen molar-refractivity contribution in [2.45, 2.75) is 12.0 Å². The first-order valence-corrected chi connectivity index (χ1v) is 7.90. The molecule has 1 unspecified atom stereocenters. The molecule has 0 fully saturated rings. The van der Waals surface area contributed by atoms with E-state index in [2.05, 4.69) is 10.9 Å². The Hall–Kier alpha value is -2.77. The van der Waals surface area contributed by atoms with Gasteiger partial charge in [-0.1, -0.05) is 35.9 Å². The molecule has 0 spiro atoms. The number of methoxy groups -OCH3 is 2. The third-order valence-electron chi connectivity index (χ3n) is 3.75. The molecule has 1 atom stereocenters. The van der Waals surface area contributed by atoms with E-state index < -0.39 is 11.5 Å². The van der Waals surface area contributed by atoms with Gasteiger partial charge in [0.1, 0.15) is 5.75 Å². The van der Waals surface area contributed by atoms with E-state index in [0.29, 0.717) is 16.3 Å². The van der Waals surface area contributed by atoms with E-state index in [1.165, 1.54) is 7.11 Å². The fraction of sp³-hybridized carbons (Fsp3) is 0.200. The molecular weight excluding hydrogens is 338 g/mol. The van der Waals surface area contributed by atoms with Gasteiger partial charge in [0.2, 0.25) is 0 Å². The highest BCUT2D eigenvalue weighted by molar-refractivity contribution is 6.30. The van der Waals surface area contributed by atoms with Crippen LogP contribution in [0.25, 0.3) is 0 Å². The summed E-state index contributed by atoms with van der Waals surface area (Å²) in [6.07, 6.45) is 7.17. The molecule has 0 amide bonds. The quantitative estimate of drug-likeness (QED) is 0.449. The molecule has 0 aromatic heterocycles. The number of hydrogen-bond acceptors (Lipinski definition) is 4. The van der Waals surface area contributed by atoms with E-state index in [9.17, 15) is 4.79 Å². The summed E-state index contributed by atoms with van der Waals surface area (Å²) in [5, 5.41) is 0.621. The topological polar surface area (TPSA) is 47.9 Å². The second-order valence-electron chi connectivity index (χ2n) is 5.27. The molecule has 25 heavy (non-hydrogen) atoms. The van der Waals surface area contributed by atoms with Gasteiger partial charge >= 0.3 is 5.97 Å². The minimum Gasteiger partial charge on any atom is -0.497 e. The van der Waals surface area contributed by atoms with Crippen molar-refractivity contribution in [2.75, 3.05) is 14.2 Å². The number of rotatable bonds is 6. The van der Waals surface area contributed by atoms with Gasteiger partial charge in [-0.3, -0.25) is 4.99 Å². The summed E-state index contributed by atoms with van der Waals surface area (Å²) in [7, 11) is 2.89. The average Bonchev–Trinajstić information content (AvgIpc) is 2.66. The number of ether oxygens (including phenoxy) is 2. The summed E-state index contributed by atoms with van der Waals surface area (Å²) in [5.41, 5.74) is 0.0987. The number of halogens is 1. The Morgan fingerprint density at radius 2 is 1.84 bits per heavy atom. The van der Waals surface area contributed by atoms with Gasteiger partial charge in [-0.15, -0.1) is 12.3 Å². The van der Waals surface area contributed by atoms with Crippen LogP contribution in [0.3, 0.4) is 0 Å². The Bertz CT molecular complexity index is 791. The summed E-state index contributed by atoms with van der Waals surface area (Å²) in [6.45, 7) is 0. The molecule has 0 saturated carbocycles. The monoisotopic (exact) mass is 355 g/mol. The molecule has 0 aliphatic heterocycles. The van der Waals surface area contributed by atoms with Crippen molar-refractivity contribution in [1.82, 2.24) is 0 Å². The second kappa shape index (κ2) is 8.36. The summed E-state index contributed by atoms with van der Waals surface area (Å²) >= 11 is 5.89. The third-order valence-corrected chi connectivity index (χ3v) is 4.00. The van der Waals surface area contributed by atoms with Crippen LogP contribution < -0.4 is 4.74 Å². The van der Waals surface area contributed by atoms with Gasteiger partial charge in [0.05, 0.1) is 14.2 Å². The third kappa shape index (κ3) is 4.20. The van der Waals surface area contributed by atoms with Crippen LogP contribution in [0.15, 0.2) is 53.5 Å². The van der Waals surface area contributed by atoms with Crippen molar-refractivity contribution in [3.8, 4) is 18.1 Å². The van der Waals surface area contributed by atoms with E-state index in [4.69, 9.17) is 27.5 Å². The predicted molar refractivity (Wildman–Crippen MR) is 99.2 cm³/mol. The molecule has 128 valence electrons. The second-order valence-corrected chi connectivity index (χ2v) is 5.71. The molecular formula is C20H18ClNO3. The zero-order chi connectivity index (χ0) is 18.3. The molecule has 0 saturated heterocycles. The van der Waals surface area contributed by atoms with Crippen LogP contribution in [-0.2, 0) is 15.1 Å². The van der Waals surface area contributed by atoms with Gasteiger partial charge in [-0.25, -0.2) is 4.79 Å². The highest BCUT2D eigenvalue weighted by Crippen LogP contribution is 2.32. The van der Waals surface area contributed by atoms with Crippen LogP contribution in [0, 0.1) is 12.3 Å². The van der Waals surface area contributed by atoms with Crippen LogP contribution in [0.1, 0.15) is 17.5 Å². The van der Waals surface area contributed by atoms with Crippen molar-refractivity contribution in [3.05, 3.63) is 64.7 Å². The number of esters is 1. The molecule has 0 radical (unpaired) electrons. The summed E-state index contributed by atoms with van der Waals surface area (Å²) in [5.74, 6) is 2.67. The van der Waals surface area contributed by atoms with Crippen molar-refractivity contribution in [1.29, 1.82) is 0 Å². The fourth-order valence-corrected chi connectivity index (χ4v) is 2.51. The Balaban J connectivity index is 2.51.